The Morgan fingerprint density at radius 1 is 0.969 bits per heavy atom. The van der Waals surface area contributed by atoms with Crippen molar-refractivity contribution < 1.29 is 23.9 Å². The van der Waals surface area contributed by atoms with Gasteiger partial charge in [-0.25, -0.2) is 0 Å². The summed E-state index contributed by atoms with van der Waals surface area (Å²) in [5.41, 5.74) is -0.281. The Bertz CT molecular complexity index is 911. The highest BCUT2D eigenvalue weighted by Crippen LogP contribution is 2.45. The Morgan fingerprint density at radius 2 is 1.62 bits per heavy atom. The smallest absolute Gasteiger partial charge is 0.257 e. The second kappa shape index (κ2) is 8.64. The third kappa shape index (κ3) is 3.69. The molecule has 4 rings (SSSR count). The average Bonchev–Trinajstić information content (AvgIpc) is 3.52. The van der Waals surface area contributed by atoms with Gasteiger partial charge < -0.3 is 24.2 Å². The zero-order valence-corrected chi connectivity index (χ0v) is 19.4. The van der Waals surface area contributed by atoms with E-state index in [0.29, 0.717) is 43.2 Å². The van der Waals surface area contributed by atoms with Gasteiger partial charge >= 0.3 is 0 Å². The van der Waals surface area contributed by atoms with Crippen LogP contribution in [0.1, 0.15) is 37.0 Å². The van der Waals surface area contributed by atoms with Gasteiger partial charge in [-0.1, -0.05) is 13.8 Å². The number of likely N-dealkylation sites (tertiary alicyclic amines) is 3. The number of hydrogen-bond acceptors (Lipinski definition) is 5. The Hall–Kier alpha value is -2.77. The molecular formula is C24H33N3O5. The van der Waals surface area contributed by atoms with E-state index >= 15 is 0 Å². The van der Waals surface area contributed by atoms with Gasteiger partial charge in [0.05, 0.1) is 25.2 Å². The molecule has 32 heavy (non-hydrogen) atoms. The zero-order valence-electron chi connectivity index (χ0n) is 19.4. The van der Waals surface area contributed by atoms with Crippen molar-refractivity contribution >= 4 is 17.7 Å². The fourth-order valence-electron chi connectivity index (χ4n) is 5.44. The van der Waals surface area contributed by atoms with E-state index < -0.39 is 5.41 Å². The predicted octanol–water partition coefficient (Wildman–Crippen LogP) is 1.88. The number of benzene rings is 1. The molecule has 0 radical (unpaired) electrons. The maximum Gasteiger partial charge on any atom is 0.257 e. The lowest BCUT2D eigenvalue weighted by Crippen LogP contribution is -2.49. The fourth-order valence-corrected chi connectivity index (χ4v) is 5.44. The molecular weight excluding hydrogens is 410 g/mol. The van der Waals surface area contributed by atoms with Gasteiger partial charge in [0.2, 0.25) is 11.8 Å². The van der Waals surface area contributed by atoms with Crippen LogP contribution in [0.25, 0.3) is 0 Å². The highest BCUT2D eigenvalue weighted by Gasteiger charge is 2.60. The molecule has 1 aromatic carbocycles. The number of ether oxygens (including phenoxy) is 2. The first-order valence-electron chi connectivity index (χ1n) is 11.4. The molecule has 0 spiro atoms. The van der Waals surface area contributed by atoms with Gasteiger partial charge in [-0.2, -0.15) is 0 Å². The molecule has 3 amide bonds. The molecule has 1 aromatic rings. The van der Waals surface area contributed by atoms with Crippen molar-refractivity contribution in [2.75, 3.05) is 53.5 Å². The number of hydrogen-bond donors (Lipinski definition) is 0. The van der Waals surface area contributed by atoms with Crippen LogP contribution in [-0.2, 0) is 9.59 Å². The Balaban J connectivity index is 1.62. The number of amides is 3. The van der Waals surface area contributed by atoms with Crippen molar-refractivity contribution in [1.82, 2.24) is 14.7 Å². The van der Waals surface area contributed by atoms with E-state index in [1.54, 1.807) is 30.2 Å². The maximum absolute atomic E-state index is 13.7. The van der Waals surface area contributed by atoms with E-state index in [4.69, 9.17) is 9.47 Å². The van der Waals surface area contributed by atoms with Crippen molar-refractivity contribution in [1.29, 1.82) is 0 Å². The molecule has 0 bridgehead atoms. The minimum absolute atomic E-state index is 0.0634. The SMILES string of the molecule is COc1ccc(C(=O)N2C[C@@H]3CN(C(=O)C(C)C)C[C@]3(C(=O)N3CCCC3)C2)c(OC)c1. The van der Waals surface area contributed by atoms with Gasteiger partial charge in [-0.05, 0) is 25.0 Å². The Labute approximate surface area is 189 Å². The van der Waals surface area contributed by atoms with Gasteiger partial charge in [0.25, 0.3) is 5.91 Å². The van der Waals surface area contributed by atoms with Gasteiger partial charge in [0.15, 0.2) is 0 Å². The van der Waals surface area contributed by atoms with Crippen molar-refractivity contribution in [2.24, 2.45) is 17.3 Å². The van der Waals surface area contributed by atoms with Crippen LogP contribution in [-0.4, -0.2) is 85.9 Å². The van der Waals surface area contributed by atoms with Crippen molar-refractivity contribution in [2.45, 2.75) is 26.7 Å². The molecule has 3 aliphatic heterocycles. The van der Waals surface area contributed by atoms with Gasteiger partial charge in [0.1, 0.15) is 11.5 Å². The zero-order chi connectivity index (χ0) is 23.0. The first kappa shape index (κ1) is 22.4. The van der Waals surface area contributed by atoms with E-state index in [9.17, 15) is 14.4 Å². The quantitative estimate of drug-likeness (QED) is 0.694. The Kier molecular flexibility index (Phi) is 6.05. The number of nitrogens with zero attached hydrogens (tertiary/aromatic N) is 3. The molecule has 174 valence electrons. The van der Waals surface area contributed by atoms with Crippen LogP contribution in [0.15, 0.2) is 18.2 Å². The summed E-state index contributed by atoms with van der Waals surface area (Å²) in [6, 6.07) is 5.14. The largest absolute Gasteiger partial charge is 0.497 e. The van der Waals surface area contributed by atoms with Crippen LogP contribution in [0.3, 0.4) is 0 Å². The van der Waals surface area contributed by atoms with E-state index in [-0.39, 0.29) is 29.6 Å². The average molecular weight is 444 g/mol. The van der Waals surface area contributed by atoms with E-state index in [1.807, 2.05) is 23.6 Å². The monoisotopic (exact) mass is 443 g/mol. The van der Waals surface area contributed by atoms with Crippen LogP contribution in [0.4, 0.5) is 0 Å². The lowest BCUT2D eigenvalue weighted by Gasteiger charge is -2.32. The van der Waals surface area contributed by atoms with Gasteiger partial charge in [-0.3, -0.25) is 14.4 Å². The van der Waals surface area contributed by atoms with Crippen LogP contribution in [0.2, 0.25) is 0 Å². The second-order valence-corrected chi connectivity index (χ2v) is 9.48. The molecule has 8 nitrogen and oxygen atoms in total. The minimum atomic E-state index is -0.732. The molecule has 2 atom stereocenters. The van der Waals surface area contributed by atoms with Crippen molar-refractivity contribution in [3.63, 3.8) is 0 Å². The molecule has 8 heteroatoms. The lowest BCUT2D eigenvalue weighted by atomic mass is 9.79. The summed E-state index contributed by atoms with van der Waals surface area (Å²) >= 11 is 0. The standard InChI is InChI=1S/C24H33N3O5/c1-16(2)21(28)26-12-17-13-27(15-24(17,14-26)23(30)25-9-5-6-10-25)22(29)19-8-7-18(31-3)11-20(19)32-4/h7-8,11,16-17H,5-6,9-10,12-15H2,1-4H3/t17-,24-/m0/s1. The van der Waals surface area contributed by atoms with Gasteiger partial charge in [0, 0.05) is 57.2 Å². The first-order chi connectivity index (χ1) is 15.3. The molecule has 0 unspecified atom stereocenters. The maximum atomic E-state index is 13.7. The van der Waals surface area contributed by atoms with Crippen molar-refractivity contribution in [3.8, 4) is 11.5 Å². The summed E-state index contributed by atoms with van der Waals surface area (Å²) in [5, 5.41) is 0. The molecule has 0 aromatic heterocycles. The topological polar surface area (TPSA) is 79.4 Å². The third-order valence-electron chi connectivity index (χ3n) is 7.16. The number of rotatable bonds is 5. The second-order valence-electron chi connectivity index (χ2n) is 9.48. The van der Waals surface area contributed by atoms with E-state index in [1.165, 1.54) is 7.11 Å². The number of fused-ring (bicyclic) bond motifs is 1. The Morgan fingerprint density at radius 3 is 2.25 bits per heavy atom. The third-order valence-corrected chi connectivity index (χ3v) is 7.16. The van der Waals surface area contributed by atoms with Gasteiger partial charge in [-0.15, -0.1) is 0 Å². The van der Waals surface area contributed by atoms with Crippen LogP contribution >= 0.6 is 0 Å². The van der Waals surface area contributed by atoms with Crippen LogP contribution in [0, 0.1) is 17.3 Å². The number of carbonyl (C=O) groups is 3. The van der Waals surface area contributed by atoms with Crippen LogP contribution in [0.5, 0.6) is 11.5 Å². The summed E-state index contributed by atoms with van der Waals surface area (Å²) in [6.45, 7) is 6.96. The molecule has 3 aliphatic rings. The summed E-state index contributed by atoms with van der Waals surface area (Å²) in [7, 11) is 3.09. The highest BCUT2D eigenvalue weighted by molar-refractivity contribution is 5.98. The molecule has 0 aliphatic carbocycles. The molecule has 0 N–H and O–H groups in total. The highest BCUT2D eigenvalue weighted by atomic mass is 16.5. The fraction of sp³-hybridized carbons (Fsp3) is 0.625. The lowest BCUT2D eigenvalue weighted by molar-refractivity contribution is -0.141. The van der Waals surface area contributed by atoms with Crippen molar-refractivity contribution in [3.05, 3.63) is 23.8 Å². The first-order valence-corrected chi connectivity index (χ1v) is 11.4. The van der Waals surface area contributed by atoms with Crippen LogP contribution < -0.4 is 9.47 Å². The molecule has 0 saturated carbocycles. The summed E-state index contributed by atoms with van der Waals surface area (Å²) in [6.07, 6.45) is 2.01. The summed E-state index contributed by atoms with van der Waals surface area (Å²) < 4.78 is 10.7. The number of carbonyl (C=O) groups excluding carboxylic acids is 3. The van der Waals surface area contributed by atoms with E-state index in [0.717, 1.165) is 25.9 Å². The number of methoxy groups -OCH3 is 2. The summed E-state index contributed by atoms with van der Waals surface area (Å²) in [5.74, 6) is 0.886. The molecule has 3 saturated heterocycles. The minimum Gasteiger partial charge on any atom is -0.497 e. The normalized spacial score (nSPS) is 24.8. The predicted molar refractivity (Wildman–Crippen MR) is 119 cm³/mol. The molecule has 3 fully saturated rings. The van der Waals surface area contributed by atoms with E-state index in [2.05, 4.69) is 0 Å². The molecule has 3 heterocycles. The summed E-state index contributed by atoms with van der Waals surface area (Å²) in [4.78, 5) is 45.4.